The highest BCUT2D eigenvalue weighted by atomic mass is 79.9. The highest BCUT2D eigenvalue weighted by molar-refractivity contribution is 9.10. The maximum atomic E-state index is 11.4. The zero-order chi connectivity index (χ0) is 16.5. The lowest BCUT2D eigenvalue weighted by Gasteiger charge is -2.12. The van der Waals surface area contributed by atoms with Crippen molar-refractivity contribution in [3.8, 4) is 17.2 Å². The van der Waals surface area contributed by atoms with Gasteiger partial charge in [-0.15, -0.1) is 0 Å². The fourth-order valence-corrected chi connectivity index (χ4v) is 3.62. The van der Waals surface area contributed by atoms with E-state index in [0.29, 0.717) is 4.47 Å². The molecule has 9 heteroatoms. The van der Waals surface area contributed by atoms with Gasteiger partial charge in [-0.25, -0.2) is 0 Å². The summed E-state index contributed by atoms with van der Waals surface area (Å²) < 4.78 is 43.0. The largest absolute Gasteiger partial charge is 0.495 e. The van der Waals surface area contributed by atoms with Crippen LogP contribution in [0.25, 0.3) is 0 Å². The van der Waals surface area contributed by atoms with E-state index in [4.69, 9.17) is 32.7 Å². The summed E-state index contributed by atoms with van der Waals surface area (Å²) in [7, 11) is -3.18. The first-order chi connectivity index (χ1) is 10.2. The summed E-state index contributed by atoms with van der Waals surface area (Å²) in [6.45, 7) is 0. The van der Waals surface area contributed by atoms with Gasteiger partial charge in [0.05, 0.1) is 17.2 Å². The molecule has 2 aromatic rings. The summed E-state index contributed by atoms with van der Waals surface area (Å²) in [6, 6.07) is 7.08. The average Bonchev–Trinajstić information content (AvgIpc) is 2.41. The number of methoxy groups -OCH3 is 1. The predicted octanol–water partition coefficient (Wildman–Crippen LogP) is 4.80. The van der Waals surface area contributed by atoms with E-state index in [1.54, 1.807) is 12.1 Å². The van der Waals surface area contributed by atoms with Crippen molar-refractivity contribution in [2.45, 2.75) is 4.90 Å². The van der Waals surface area contributed by atoms with Gasteiger partial charge < -0.3 is 9.47 Å². The number of benzene rings is 2. The molecule has 0 unspecified atom stereocenters. The Bertz CT molecular complexity index is 800. The second kappa shape index (κ2) is 6.64. The first-order valence-corrected chi connectivity index (χ1v) is 8.69. The lowest BCUT2D eigenvalue weighted by Crippen LogP contribution is -2.02. The molecule has 5 nitrogen and oxygen atoms in total. The first-order valence-electron chi connectivity index (χ1n) is 5.70. The molecule has 2 rings (SSSR count). The quantitative estimate of drug-likeness (QED) is 0.709. The van der Waals surface area contributed by atoms with E-state index < -0.39 is 15.0 Å². The van der Waals surface area contributed by atoms with E-state index in [-0.39, 0.29) is 27.3 Å². The topological polar surface area (TPSA) is 72.8 Å². The maximum absolute atomic E-state index is 11.4. The molecule has 2 aromatic carbocycles. The van der Waals surface area contributed by atoms with Crippen LogP contribution in [0.15, 0.2) is 39.7 Å². The molecule has 0 aliphatic rings. The summed E-state index contributed by atoms with van der Waals surface area (Å²) in [5.74, 6) is 0.278. The smallest absolute Gasteiger partial charge is 0.298 e. The summed E-state index contributed by atoms with van der Waals surface area (Å²) in [4.78, 5) is -0.420. The standard InChI is InChI=1S/C13H9BrCl2O5S/c1-20-11-3-2-8(6-12(11)22(17,18)19)21-13-9(15)4-7(14)5-10(13)16/h2-6H,1H3,(H,17,18,19). The van der Waals surface area contributed by atoms with E-state index in [9.17, 15) is 13.0 Å². The fraction of sp³-hybridized carbons (Fsp3) is 0.0769. The SMILES string of the molecule is COc1ccc(Oc2c(Cl)cc(Br)cc2Cl)cc1S(=O)(=O)O. The molecule has 0 fully saturated rings. The highest BCUT2D eigenvalue weighted by Crippen LogP contribution is 2.40. The van der Waals surface area contributed by atoms with Crippen LogP contribution >= 0.6 is 39.1 Å². The Labute approximate surface area is 145 Å². The van der Waals surface area contributed by atoms with Gasteiger partial charge in [-0.3, -0.25) is 4.55 Å². The van der Waals surface area contributed by atoms with Gasteiger partial charge >= 0.3 is 0 Å². The second-order valence-corrected chi connectivity index (χ2v) is 7.21. The summed E-state index contributed by atoms with van der Waals surface area (Å²) in [6.07, 6.45) is 0. The molecule has 22 heavy (non-hydrogen) atoms. The number of halogens is 3. The Kier molecular flexibility index (Phi) is 5.24. The van der Waals surface area contributed by atoms with Gasteiger partial charge in [0.1, 0.15) is 16.4 Å². The molecule has 118 valence electrons. The molecule has 0 radical (unpaired) electrons. The molecule has 0 bridgehead atoms. The Hall–Kier alpha value is -0.990. The number of hydrogen-bond acceptors (Lipinski definition) is 4. The molecular formula is C13H9BrCl2O5S. The lowest BCUT2D eigenvalue weighted by atomic mass is 10.3. The van der Waals surface area contributed by atoms with E-state index >= 15 is 0 Å². The lowest BCUT2D eigenvalue weighted by molar-refractivity contribution is 0.394. The fourth-order valence-electron chi connectivity index (χ4n) is 1.67. The molecule has 0 saturated heterocycles. The van der Waals surface area contributed by atoms with Gasteiger partial charge in [-0.05, 0) is 24.3 Å². The van der Waals surface area contributed by atoms with Crippen LogP contribution in [0.4, 0.5) is 0 Å². The van der Waals surface area contributed by atoms with Crippen LogP contribution in [0, 0.1) is 0 Å². The van der Waals surface area contributed by atoms with Crippen molar-refractivity contribution in [3.05, 3.63) is 44.8 Å². The van der Waals surface area contributed by atoms with Crippen LogP contribution < -0.4 is 9.47 Å². The van der Waals surface area contributed by atoms with Gasteiger partial charge in [0, 0.05) is 10.5 Å². The Morgan fingerprint density at radius 1 is 1.14 bits per heavy atom. The van der Waals surface area contributed by atoms with Crippen LogP contribution in [-0.2, 0) is 10.1 Å². The van der Waals surface area contributed by atoms with Crippen molar-refractivity contribution in [2.24, 2.45) is 0 Å². The van der Waals surface area contributed by atoms with Crippen LogP contribution in [0.5, 0.6) is 17.2 Å². The molecule has 0 aliphatic carbocycles. The van der Waals surface area contributed by atoms with Crippen molar-refractivity contribution in [2.75, 3.05) is 7.11 Å². The van der Waals surface area contributed by atoms with E-state index in [1.807, 2.05) is 0 Å². The van der Waals surface area contributed by atoms with E-state index in [1.165, 1.54) is 19.2 Å². The number of hydrogen-bond donors (Lipinski definition) is 1. The van der Waals surface area contributed by atoms with Gasteiger partial charge in [-0.1, -0.05) is 39.1 Å². The van der Waals surface area contributed by atoms with E-state index in [0.717, 1.165) is 6.07 Å². The molecule has 0 aromatic heterocycles. The first kappa shape index (κ1) is 17.4. The van der Waals surface area contributed by atoms with Gasteiger partial charge in [-0.2, -0.15) is 8.42 Å². The zero-order valence-corrected chi connectivity index (χ0v) is 14.9. The highest BCUT2D eigenvalue weighted by Gasteiger charge is 2.19. The minimum atomic E-state index is -4.47. The number of ether oxygens (including phenoxy) is 2. The van der Waals surface area contributed by atoms with Gasteiger partial charge in [0.2, 0.25) is 0 Å². The molecule has 0 amide bonds. The molecule has 0 aliphatic heterocycles. The Balaban J connectivity index is 2.48. The molecule has 0 spiro atoms. The third-order valence-corrected chi connectivity index (χ3v) is 4.49. The van der Waals surface area contributed by atoms with Crippen molar-refractivity contribution >= 4 is 49.2 Å². The number of rotatable bonds is 4. The summed E-state index contributed by atoms with van der Waals surface area (Å²) >= 11 is 15.3. The van der Waals surface area contributed by atoms with Crippen LogP contribution in [0.1, 0.15) is 0 Å². The minimum absolute atomic E-state index is 0.0112. The van der Waals surface area contributed by atoms with Crippen molar-refractivity contribution in [3.63, 3.8) is 0 Å². The van der Waals surface area contributed by atoms with Crippen LogP contribution in [-0.4, -0.2) is 20.1 Å². The summed E-state index contributed by atoms with van der Waals surface area (Å²) in [5.41, 5.74) is 0. The average molecular weight is 428 g/mol. The Morgan fingerprint density at radius 3 is 2.23 bits per heavy atom. The predicted molar refractivity (Wildman–Crippen MR) is 87.0 cm³/mol. The molecule has 0 atom stereocenters. The van der Waals surface area contributed by atoms with Crippen LogP contribution in [0.2, 0.25) is 10.0 Å². The molecular weight excluding hydrogens is 419 g/mol. The normalized spacial score (nSPS) is 11.3. The van der Waals surface area contributed by atoms with Gasteiger partial charge in [0.15, 0.2) is 5.75 Å². The maximum Gasteiger partial charge on any atom is 0.298 e. The minimum Gasteiger partial charge on any atom is -0.495 e. The van der Waals surface area contributed by atoms with Crippen molar-refractivity contribution in [1.82, 2.24) is 0 Å². The third-order valence-electron chi connectivity index (χ3n) is 2.60. The summed E-state index contributed by atoms with van der Waals surface area (Å²) in [5, 5.41) is 0.479. The zero-order valence-electron chi connectivity index (χ0n) is 11.0. The van der Waals surface area contributed by atoms with Gasteiger partial charge in [0.25, 0.3) is 10.1 Å². The second-order valence-electron chi connectivity index (χ2n) is 4.09. The monoisotopic (exact) mass is 426 g/mol. The molecule has 0 saturated carbocycles. The molecule has 1 N–H and O–H groups in total. The Morgan fingerprint density at radius 2 is 1.73 bits per heavy atom. The third kappa shape index (κ3) is 3.85. The molecule has 0 heterocycles. The van der Waals surface area contributed by atoms with Crippen molar-refractivity contribution in [1.29, 1.82) is 0 Å². The van der Waals surface area contributed by atoms with E-state index in [2.05, 4.69) is 15.9 Å². The van der Waals surface area contributed by atoms with Crippen molar-refractivity contribution < 1.29 is 22.4 Å². The van der Waals surface area contributed by atoms with Crippen LogP contribution in [0.3, 0.4) is 0 Å².